The molecule has 0 aliphatic rings. The fourth-order valence-corrected chi connectivity index (χ4v) is 1.27. The first-order valence-electron chi connectivity index (χ1n) is 5.30. The number of hydrogen-bond acceptors (Lipinski definition) is 2. The van der Waals surface area contributed by atoms with Crippen molar-refractivity contribution < 1.29 is 9.13 Å². The SMILES string of the molecule is COc1ccc(C#CCCCCN)cc1F. The van der Waals surface area contributed by atoms with Gasteiger partial charge in [-0.05, 0) is 37.6 Å². The number of hydrogen-bond donors (Lipinski definition) is 1. The number of nitrogens with two attached hydrogens (primary N) is 1. The van der Waals surface area contributed by atoms with E-state index in [0.29, 0.717) is 12.1 Å². The fraction of sp³-hybridized carbons (Fsp3) is 0.385. The highest BCUT2D eigenvalue weighted by Gasteiger charge is 2.00. The third-order valence-corrected chi connectivity index (χ3v) is 2.14. The topological polar surface area (TPSA) is 35.2 Å². The molecule has 3 heteroatoms. The minimum absolute atomic E-state index is 0.244. The van der Waals surface area contributed by atoms with Crippen molar-refractivity contribution in [3.8, 4) is 17.6 Å². The Kier molecular flexibility index (Phi) is 5.38. The molecule has 0 aromatic heterocycles. The monoisotopic (exact) mass is 221 g/mol. The van der Waals surface area contributed by atoms with Crippen LogP contribution in [0.4, 0.5) is 4.39 Å². The molecular weight excluding hydrogens is 205 g/mol. The minimum Gasteiger partial charge on any atom is -0.494 e. The Balaban J connectivity index is 2.57. The number of ether oxygens (including phenoxy) is 1. The Hall–Kier alpha value is -1.53. The van der Waals surface area contributed by atoms with Gasteiger partial charge in [0.15, 0.2) is 11.6 Å². The molecule has 2 N–H and O–H groups in total. The third kappa shape index (κ3) is 3.92. The van der Waals surface area contributed by atoms with Gasteiger partial charge in [0, 0.05) is 12.0 Å². The third-order valence-electron chi connectivity index (χ3n) is 2.14. The number of unbranched alkanes of at least 4 members (excludes halogenated alkanes) is 2. The number of methoxy groups -OCH3 is 1. The van der Waals surface area contributed by atoms with Gasteiger partial charge in [0.25, 0.3) is 0 Å². The van der Waals surface area contributed by atoms with Crippen molar-refractivity contribution in [1.29, 1.82) is 0 Å². The van der Waals surface area contributed by atoms with Crippen LogP contribution in [0.5, 0.6) is 5.75 Å². The molecule has 2 nitrogen and oxygen atoms in total. The van der Waals surface area contributed by atoms with Crippen LogP contribution in [0.3, 0.4) is 0 Å². The molecule has 0 amide bonds. The Labute approximate surface area is 95.6 Å². The maximum absolute atomic E-state index is 13.3. The van der Waals surface area contributed by atoms with Gasteiger partial charge in [-0.15, -0.1) is 0 Å². The van der Waals surface area contributed by atoms with Crippen LogP contribution in [0.1, 0.15) is 24.8 Å². The molecule has 1 rings (SSSR count). The van der Waals surface area contributed by atoms with E-state index in [-0.39, 0.29) is 11.6 Å². The molecule has 0 bridgehead atoms. The van der Waals surface area contributed by atoms with Gasteiger partial charge in [0.1, 0.15) is 0 Å². The Morgan fingerprint density at radius 3 is 2.81 bits per heavy atom. The predicted octanol–water partition coefficient (Wildman–Crippen LogP) is 2.31. The lowest BCUT2D eigenvalue weighted by Gasteiger charge is -2.00. The summed E-state index contributed by atoms with van der Waals surface area (Å²) >= 11 is 0. The molecular formula is C13H16FNO. The maximum atomic E-state index is 13.3. The summed E-state index contributed by atoms with van der Waals surface area (Å²) in [6.45, 7) is 0.693. The first kappa shape index (κ1) is 12.5. The van der Waals surface area contributed by atoms with Crippen LogP contribution in [0, 0.1) is 17.7 Å². The second-order valence-electron chi connectivity index (χ2n) is 3.40. The quantitative estimate of drug-likeness (QED) is 0.625. The van der Waals surface area contributed by atoms with Crippen LogP contribution in [-0.2, 0) is 0 Å². The molecule has 1 aromatic rings. The first-order valence-corrected chi connectivity index (χ1v) is 5.30. The van der Waals surface area contributed by atoms with E-state index in [4.69, 9.17) is 10.5 Å². The van der Waals surface area contributed by atoms with Gasteiger partial charge in [-0.25, -0.2) is 4.39 Å². The summed E-state index contributed by atoms with van der Waals surface area (Å²) in [7, 11) is 1.44. The van der Waals surface area contributed by atoms with E-state index in [1.807, 2.05) is 0 Å². The predicted molar refractivity (Wildman–Crippen MR) is 62.7 cm³/mol. The summed E-state index contributed by atoms with van der Waals surface area (Å²) in [5, 5.41) is 0. The van der Waals surface area contributed by atoms with Crippen LogP contribution in [0.15, 0.2) is 18.2 Å². The lowest BCUT2D eigenvalue weighted by atomic mass is 10.2. The smallest absolute Gasteiger partial charge is 0.166 e. The van der Waals surface area contributed by atoms with Crippen LogP contribution >= 0.6 is 0 Å². The van der Waals surface area contributed by atoms with Gasteiger partial charge >= 0.3 is 0 Å². The van der Waals surface area contributed by atoms with Crippen molar-refractivity contribution >= 4 is 0 Å². The Morgan fingerprint density at radius 1 is 1.38 bits per heavy atom. The van der Waals surface area contributed by atoms with Gasteiger partial charge in [-0.1, -0.05) is 11.8 Å². The molecule has 0 atom stereocenters. The zero-order valence-corrected chi connectivity index (χ0v) is 9.42. The van der Waals surface area contributed by atoms with Crippen LogP contribution < -0.4 is 10.5 Å². The first-order chi connectivity index (χ1) is 7.77. The number of halogens is 1. The fourth-order valence-electron chi connectivity index (χ4n) is 1.27. The molecule has 1 aromatic carbocycles. The highest BCUT2D eigenvalue weighted by molar-refractivity contribution is 5.39. The number of benzene rings is 1. The largest absolute Gasteiger partial charge is 0.494 e. The van der Waals surface area contributed by atoms with Crippen LogP contribution in [-0.4, -0.2) is 13.7 Å². The molecule has 0 heterocycles. The zero-order valence-electron chi connectivity index (χ0n) is 9.42. The van der Waals surface area contributed by atoms with Gasteiger partial charge in [0.05, 0.1) is 7.11 Å². The summed E-state index contributed by atoms with van der Waals surface area (Å²) in [5.74, 6) is 5.76. The summed E-state index contributed by atoms with van der Waals surface area (Å²) < 4.78 is 18.1. The summed E-state index contributed by atoms with van der Waals surface area (Å²) in [6, 6.07) is 4.71. The zero-order chi connectivity index (χ0) is 11.8. The summed E-state index contributed by atoms with van der Waals surface area (Å²) in [5.41, 5.74) is 6.03. The summed E-state index contributed by atoms with van der Waals surface area (Å²) in [6.07, 6.45) is 2.76. The molecule has 0 aliphatic heterocycles. The maximum Gasteiger partial charge on any atom is 0.166 e. The summed E-state index contributed by atoms with van der Waals surface area (Å²) in [4.78, 5) is 0. The molecule has 0 fully saturated rings. The molecule has 0 spiro atoms. The van der Waals surface area contributed by atoms with Crippen molar-refractivity contribution in [1.82, 2.24) is 0 Å². The molecule has 0 aliphatic carbocycles. The lowest BCUT2D eigenvalue weighted by Crippen LogP contribution is -1.96. The van der Waals surface area contributed by atoms with Crippen molar-refractivity contribution in [3.05, 3.63) is 29.6 Å². The lowest BCUT2D eigenvalue weighted by molar-refractivity contribution is 0.386. The normalized spacial score (nSPS) is 9.44. The van der Waals surface area contributed by atoms with Crippen molar-refractivity contribution in [2.45, 2.75) is 19.3 Å². The van der Waals surface area contributed by atoms with Gasteiger partial charge in [0.2, 0.25) is 0 Å². The second-order valence-corrected chi connectivity index (χ2v) is 3.40. The molecule has 0 radical (unpaired) electrons. The van der Waals surface area contributed by atoms with Crippen LogP contribution in [0.25, 0.3) is 0 Å². The molecule has 0 saturated heterocycles. The number of rotatable bonds is 4. The highest BCUT2D eigenvalue weighted by Crippen LogP contribution is 2.16. The van der Waals surface area contributed by atoms with Crippen molar-refractivity contribution in [3.63, 3.8) is 0 Å². The van der Waals surface area contributed by atoms with E-state index in [0.717, 1.165) is 19.3 Å². The van der Waals surface area contributed by atoms with Gasteiger partial charge in [-0.2, -0.15) is 0 Å². The molecule has 16 heavy (non-hydrogen) atoms. The van der Waals surface area contributed by atoms with E-state index in [1.54, 1.807) is 12.1 Å². The molecule has 0 unspecified atom stereocenters. The van der Waals surface area contributed by atoms with E-state index in [1.165, 1.54) is 13.2 Å². The van der Waals surface area contributed by atoms with Crippen molar-refractivity contribution in [2.24, 2.45) is 5.73 Å². The standard InChI is InChI=1S/C13H16FNO/c1-16-13-8-7-11(10-12(13)14)6-4-2-3-5-9-15/h7-8,10H,2-3,5,9,15H2,1H3. The van der Waals surface area contributed by atoms with Gasteiger partial charge in [-0.3, -0.25) is 0 Å². The molecule has 0 saturated carbocycles. The Morgan fingerprint density at radius 2 is 2.19 bits per heavy atom. The highest BCUT2D eigenvalue weighted by atomic mass is 19.1. The van der Waals surface area contributed by atoms with Gasteiger partial charge < -0.3 is 10.5 Å². The van der Waals surface area contributed by atoms with E-state index >= 15 is 0 Å². The molecule has 86 valence electrons. The Bertz CT molecular complexity index is 393. The van der Waals surface area contributed by atoms with Crippen LogP contribution in [0.2, 0.25) is 0 Å². The van der Waals surface area contributed by atoms with Crippen molar-refractivity contribution in [2.75, 3.05) is 13.7 Å². The van der Waals surface area contributed by atoms with E-state index in [2.05, 4.69) is 11.8 Å². The second kappa shape index (κ2) is 6.86. The van der Waals surface area contributed by atoms with E-state index in [9.17, 15) is 4.39 Å². The average Bonchev–Trinajstić information content (AvgIpc) is 2.29. The van der Waals surface area contributed by atoms with E-state index < -0.39 is 0 Å². The average molecular weight is 221 g/mol. The minimum atomic E-state index is -0.378.